The number of hydrogen-bond acceptors (Lipinski definition) is 4. The van der Waals surface area contributed by atoms with Gasteiger partial charge in [-0.25, -0.2) is 4.98 Å². The van der Waals surface area contributed by atoms with Crippen LogP contribution in [-0.4, -0.2) is 9.55 Å². The summed E-state index contributed by atoms with van der Waals surface area (Å²) in [5.74, 6) is 2.04. The van der Waals surface area contributed by atoms with Crippen molar-refractivity contribution in [3.8, 4) is 17.3 Å². The molecule has 77 heavy (non-hydrogen) atoms. The van der Waals surface area contributed by atoms with Crippen molar-refractivity contribution >= 4 is 44.6 Å². The van der Waals surface area contributed by atoms with Gasteiger partial charge in [0.05, 0.1) is 0 Å². The topological polar surface area (TPSA) is 33.5 Å². The minimum absolute atomic E-state index is 0. The van der Waals surface area contributed by atoms with E-state index >= 15 is 0 Å². The third-order valence-electron chi connectivity index (χ3n) is 16.2. The van der Waals surface area contributed by atoms with Crippen molar-refractivity contribution in [3.05, 3.63) is 258 Å². The van der Waals surface area contributed by atoms with Gasteiger partial charge in [-0.2, -0.15) is 12.1 Å². The van der Waals surface area contributed by atoms with Gasteiger partial charge in [-0.15, -0.1) is 48.1 Å². The van der Waals surface area contributed by atoms with Gasteiger partial charge in [-0.3, -0.25) is 0 Å². The van der Waals surface area contributed by atoms with Gasteiger partial charge in [0.25, 0.3) is 0 Å². The fourth-order valence-corrected chi connectivity index (χ4v) is 10.9. The van der Waals surface area contributed by atoms with Gasteiger partial charge in [0, 0.05) is 77.6 Å². The molecule has 3 heterocycles. The Morgan fingerprint density at radius 1 is 0.416 bits per heavy atom. The molecule has 392 valence electrons. The van der Waals surface area contributed by atoms with E-state index in [9.17, 15) is 0 Å². The summed E-state index contributed by atoms with van der Waals surface area (Å²) in [7, 11) is 0. The molecule has 0 saturated heterocycles. The predicted octanol–water partition coefficient (Wildman–Crippen LogP) is 18.6. The van der Waals surface area contributed by atoms with Crippen molar-refractivity contribution in [2.45, 2.75) is 110 Å². The third-order valence-corrected chi connectivity index (χ3v) is 16.2. The standard InChI is InChI=1S/C71H69N4O.Pt/c1-67(2,3)51-31-34-60-61-35-33-59(46-64(61)75(63(60)42-51)66-44-52(37-38-72-66)68(4,5)6)76-58-30-22-29-56(45-58)73-47-74(65-43-53(32-36-62(65)73)69(7,8)48-23-16-13-17-24-48)57-40-54(70(9,10)49-25-18-14-19-26-49)39-55(41-57)71(11,12)50-27-20-15-21-28-50;/h13-44,47H,1-12H3;/q-3;. The maximum Gasteiger partial charge on any atom is 0.135 e. The molecule has 5 nitrogen and oxygen atoms in total. The van der Waals surface area contributed by atoms with Gasteiger partial charge in [0.15, 0.2) is 0 Å². The number of pyridine rings is 1. The van der Waals surface area contributed by atoms with E-state index in [1.807, 2.05) is 18.3 Å². The molecular weight excluding hydrogens is 1120 g/mol. The molecule has 0 aliphatic carbocycles. The number of hydrogen-bond donors (Lipinski definition) is 0. The molecule has 1 aliphatic heterocycles. The Hall–Kier alpha value is -7.20. The molecule has 0 unspecified atom stereocenters. The second-order valence-corrected chi connectivity index (χ2v) is 24.4. The Labute approximate surface area is 471 Å². The van der Waals surface area contributed by atoms with E-state index in [4.69, 9.17) is 9.72 Å². The van der Waals surface area contributed by atoms with Gasteiger partial charge >= 0.3 is 0 Å². The quantitative estimate of drug-likeness (QED) is 0.121. The molecule has 0 fully saturated rings. The van der Waals surface area contributed by atoms with Gasteiger partial charge in [-0.1, -0.05) is 204 Å². The number of nitrogens with zero attached hydrogens (tertiary/aromatic N) is 4. The zero-order valence-electron chi connectivity index (χ0n) is 46.6. The maximum atomic E-state index is 6.83. The van der Waals surface area contributed by atoms with Crippen molar-refractivity contribution in [2.75, 3.05) is 9.80 Å². The molecule has 10 aromatic rings. The van der Waals surface area contributed by atoms with Crippen LogP contribution in [0.15, 0.2) is 194 Å². The summed E-state index contributed by atoms with van der Waals surface area (Å²) in [6.07, 6.45) is 1.92. The van der Waals surface area contributed by atoms with Crippen LogP contribution in [0.3, 0.4) is 0 Å². The van der Waals surface area contributed by atoms with Crippen LogP contribution in [0.5, 0.6) is 11.5 Å². The zero-order chi connectivity index (χ0) is 53.4. The van der Waals surface area contributed by atoms with Crippen molar-refractivity contribution in [1.82, 2.24) is 9.55 Å². The molecular formula is C71H69N4OPt-3. The fourth-order valence-electron chi connectivity index (χ4n) is 10.9. The summed E-state index contributed by atoms with van der Waals surface area (Å²) in [6, 6.07) is 75.7. The first-order chi connectivity index (χ1) is 36.2. The fraction of sp³-hybridized carbons (Fsp3) is 0.239. The van der Waals surface area contributed by atoms with E-state index in [0.717, 1.165) is 50.4 Å². The minimum Gasteiger partial charge on any atom is -0.509 e. The number of rotatable bonds is 11. The van der Waals surface area contributed by atoms with E-state index in [1.54, 1.807) is 0 Å². The van der Waals surface area contributed by atoms with Crippen molar-refractivity contribution in [1.29, 1.82) is 0 Å². The largest absolute Gasteiger partial charge is 0.509 e. The van der Waals surface area contributed by atoms with Crippen LogP contribution in [0.25, 0.3) is 27.6 Å². The van der Waals surface area contributed by atoms with Crippen LogP contribution in [0.2, 0.25) is 0 Å². The second kappa shape index (κ2) is 20.0. The number of anilines is 4. The summed E-state index contributed by atoms with van der Waals surface area (Å²) in [5.41, 5.74) is 15.1. The SMILES string of the molecule is CC(C)(C)c1ccnc(-n2c3[c-]c(Oc4[c-]c(N5[CH-]N(c6cc(C(C)(C)c7ccccc7)cc(C(C)(C)c7ccccc7)c6)c6cc(C(C)(C)c7ccccc7)ccc65)ccc4)ccc3c3ccc(C(C)(C)C)cc32)c1.[Pt]. The van der Waals surface area contributed by atoms with Crippen molar-refractivity contribution < 1.29 is 25.8 Å². The molecule has 0 bridgehead atoms. The molecule has 0 atom stereocenters. The normalized spacial score (nSPS) is 13.2. The molecule has 0 amide bonds. The summed E-state index contributed by atoms with van der Waals surface area (Å²) in [4.78, 5) is 9.61. The smallest absolute Gasteiger partial charge is 0.135 e. The molecule has 0 spiro atoms. The number of fused-ring (bicyclic) bond motifs is 4. The van der Waals surface area contributed by atoms with E-state index in [1.165, 1.54) is 44.5 Å². The Morgan fingerprint density at radius 3 is 1.53 bits per heavy atom. The van der Waals surface area contributed by atoms with Gasteiger partial charge in [-0.05, 0) is 103 Å². The summed E-state index contributed by atoms with van der Waals surface area (Å²) >= 11 is 0. The van der Waals surface area contributed by atoms with Crippen LogP contribution in [-0.2, 0) is 48.1 Å². The molecule has 0 saturated carbocycles. The average molecular weight is 1190 g/mol. The van der Waals surface area contributed by atoms with Gasteiger partial charge in [0.1, 0.15) is 5.82 Å². The van der Waals surface area contributed by atoms with Crippen LogP contribution >= 0.6 is 0 Å². The molecule has 2 aromatic heterocycles. The molecule has 0 radical (unpaired) electrons. The Bertz CT molecular complexity index is 3700. The van der Waals surface area contributed by atoms with Gasteiger partial charge in [0.2, 0.25) is 0 Å². The summed E-state index contributed by atoms with van der Waals surface area (Å²) in [5, 5.41) is 2.24. The minimum atomic E-state index is -0.297. The number of benzene rings is 8. The zero-order valence-corrected chi connectivity index (χ0v) is 48.8. The third kappa shape index (κ3) is 9.93. The Kier molecular flexibility index (Phi) is 13.8. The van der Waals surface area contributed by atoms with Crippen LogP contribution in [0.1, 0.15) is 128 Å². The van der Waals surface area contributed by atoms with Crippen molar-refractivity contribution in [3.63, 3.8) is 0 Å². The van der Waals surface area contributed by atoms with Crippen LogP contribution < -0.4 is 14.5 Å². The molecule has 0 N–H and O–H groups in total. The molecule has 6 heteroatoms. The summed E-state index contributed by atoms with van der Waals surface area (Å²) in [6.45, 7) is 29.7. The van der Waals surface area contributed by atoms with Crippen molar-refractivity contribution in [2.24, 2.45) is 0 Å². The predicted molar refractivity (Wildman–Crippen MR) is 317 cm³/mol. The number of ether oxygens (including phenoxy) is 1. The molecule has 11 rings (SSSR count). The Morgan fingerprint density at radius 2 is 0.948 bits per heavy atom. The second-order valence-electron chi connectivity index (χ2n) is 24.4. The maximum absolute atomic E-state index is 6.83. The number of aromatic nitrogens is 2. The monoisotopic (exact) mass is 1190 g/mol. The first-order valence-corrected chi connectivity index (χ1v) is 26.8. The Balaban J connectivity index is 0.00000672. The summed E-state index contributed by atoms with van der Waals surface area (Å²) < 4.78 is 9.09. The molecule has 8 aromatic carbocycles. The average Bonchev–Trinajstić information content (AvgIpc) is 3.96. The van der Waals surface area contributed by atoms with E-state index in [-0.39, 0.29) is 48.1 Å². The van der Waals surface area contributed by atoms with Crippen LogP contribution in [0.4, 0.5) is 22.7 Å². The first kappa shape index (κ1) is 53.2. The molecule has 1 aliphatic rings. The van der Waals surface area contributed by atoms with Crippen LogP contribution in [0, 0.1) is 18.8 Å². The van der Waals surface area contributed by atoms with E-state index in [2.05, 4.69) is 292 Å². The van der Waals surface area contributed by atoms with E-state index < -0.39 is 0 Å². The first-order valence-electron chi connectivity index (χ1n) is 26.8. The van der Waals surface area contributed by atoms with Gasteiger partial charge < -0.3 is 19.1 Å². The van der Waals surface area contributed by atoms with E-state index in [0.29, 0.717) is 11.5 Å².